The molecule has 5 aromatic carbocycles. The molecule has 0 aliphatic carbocycles. The number of aromatic nitrogens is 3. The van der Waals surface area contributed by atoms with Crippen molar-refractivity contribution in [3.8, 4) is 56.4 Å². The van der Waals surface area contributed by atoms with E-state index in [0.717, 1.165) is 22.5 Å². The number of rotatable bonds is 4. The van der Waals surface area contributed by atoms with Crippen LogP contribution in [0.15, 0.2) is 137 Å². The van der Waals surface area contributed by atoms with E-state index in [0.29, 0.717) is 11.6 Å². The highest BCUT2D eigenvalue weighted by atomic mass is 32.3. The summed E-state index contributed by atoms with van der Waals surface area (Å²) in [6, 6.07) is 44.4. The largest absolute Gasteiger partial charge is 0.208 e. The summed E-state index contributed by atoms with van der Waals surface area (Å²) < 4.78 is 0. The average molecular weight is 522 g/mol. The molecule has 2 heterocycles. The van der Waals surface area contributed by atoms with Gasteiger partial charge in [0.2, 0.25) is 0 Å². The second kappa shape index (κ2) is 9.33. The number of hydrogen-bond acceptors (Lipinski definition) is 3. The molecule has 6 aromatic rings. The zero-order valence-corrected chi connectivity index (χ0v) is 22.7. The lowest BCUT2D eigenvalue weighted by Crippen LogP contribution is -2.03. The first-order chi connectivity index (χ1) is 19.1. The minimum absolute atomic E-state index is 0.680. The van der Waals surface area contributed by atoms with Crippen molar-refractivity contribution in [2.24, 2.45) is 0 Å². The second-order valence-corrected chi connectivity index (χ2v) is 13.6. The van der Waals surface area contributed by atoms with Gasteiger partial charge in [-0.2, -0.15) is 10.0 Å². The molecular weight excluding hydrogens is 494 g/mol. The van der Waals surface area contributed by atoms with Crippen molar-refractivity contribution >= 4 is 10.0 Å². The van der Waals surface area contributed by atoms with Crippen LogP contribution in [0.2, 0.25) is 0 Å². The molecule has 0 amide bonds. The highest BCUT2D eigenvalue weighted by molar-refractivity contribution is 8.33. The fourth-order valence-electron chi connectivity index (χ4n) is 5.50. The fraction of sp³-hybridized carbons (Fsp3) is 0.0571. The van der Waals surface area contributed by atoms with E-state index < -0.39 is 10.0 Å². The number of fused-ring (bicyclic) bond motifs is 3. The van der Waals surface area contributed by atoms with Gasteiger partial charge < -0.3 is 0 Å². The summed E-state index contributed by atoms with van der Waals surface area (Å²) in [7, 11) is -1.24. The molecule has 0 saturated heterocycles. The van der Waals surface area contributed by atoms with Gasteiger partial charge in [0.15, 0.2) is 17.5 Å². The van der Waals surface area contributed by atoms with E-state index in [1.54, 1.807) is 0 Å². The smallest absolute Gasteiger partial charge is 0.165 e. The van der Waals surface area contributed by atoms with Gasteiger partial charge in [0.05, 0.1) is 0 Å². The van der Waals surface area contributed by atoms with E-state index in [-0.39, 0.29) is 0 Å². The van der Waals surface area contributed by atoms with Crippen LogP contribution in [0.4, 0.5) is 0 Å². The van der Waals surface area contributed by atoms with Gasteiger partial charge in [0, 0.05) is 26.5 Å². The fourth-order valence-corrected chi connectivity index (χ4v) is 8.31. The Hall–Kier alpha value is -4.54. The summed E-state index contributed by atoms with van der Waals surface area (Å²) >= 11 is 0. The van der Waals surface area contributed by atoms with Crippen molar-refractivity contribution in [1.29, 1.82) is 0 Å². The minimum Gasteiger partial charge on any atom is -0.208 e. The zero-order chi connectivity index (χ0) is 26.4. The molecule has 0 saturated carbocycles. The highest BCUT2D eigenvalue weighted by Crippen LogP contribution is 2.69. The van der Waals surface area contributed by atoms with E-state index in [1.807, 2.05) is 24.3 Å². The average Bonchev–Trinajstić information content (AvgIpc) is 3.24. The van der Waals surface area contributed by atoms with E-state index in [1.165, 1.54) is 32.0 Å². The maximum atomic E-state index is 5.10. The van der Waals surface area contributed by atoms with Gasteiger partial charge >= 0.3 is 0 Å². The quantitative estimate of drug-likeness (QED) is 0.232. The van der Waals surface area contributed by atoms with Gasteiger partial charge in [-0.1, -0.05) is 121 Å². The Balaban J connectivity index is 1.41. The molecule has 7 rings (SSSR count). The van der Waals surface area contributed by atoms with E-state index in [2.05, 4.69) is 116 Å². The first-order valence-electron chi connectivity index (χ1n) is 13.0. The Morgan fingerprint density at radius 2 is 0.846 bits per heavy atom. The van der Waals surface area contributed by atoms with Crippen LogP contribution in [0.3, 0.4) is 0 Å². The maximum absolute atomic E-state index is 5.10. The van der Waals surface area contributed by atoms with Crippen LogP contribution in [0.5, 0.6) is 0 Å². The van der Waals surface area contributed by atoms with E-state index in [9.17, 15) is 0 Å². The number of hydrogen-bond donors (Lipinski definition) is 0. The monoisotopic (exact) mass is 521 g/mol. The third kappa shape index (κ3) is 4.05. The van der Waals surface area contributed by atoms with Gasteiger partial charge in [-0.05, 0) is 40.8 Å². The molecular formula is C35H27N3S. The van der Waals surface area contributed by atoms with Crippen LogP contribution in [0.25, 0.3) is 56.4 Å². The van der Waals surface area contributed by atoms with Crippen molar-refractivity contribution in [1.82, 2.24) is 15.0 Å². The Kier molecular flexibility index (Phi) is 5.64. The van der Waals surface area contributed by atoms with Gasteiger partial charge in [0.25, 0.3) is 0 Å². The van der Waals surface area contributed by atoms with E-state index >= 15 is 0 Å². The summed E-state index contributed by atoms with van der Waals surface area (Å²) in [5, 5.41) is 0. The standard InChI is InChI=1S/C35H27N3S/c1-39(2)31-19-10-9-16-28(31)29-17-11-18-30(32(29)39)35-37-33(26-14-7-4-8-15-26)36-34(38-35)27-22-20-25(21-23-27)24-12-5-3-6-13-24/h3-23H,1-2H3. The Morgan fingerprint density at radius 1 is 0.385 bits per heavy atom. The lowest BCUT2D eigenvalue weighted by molar-refractivity contribution is 1.07. The molecule has 1 aromatic heterocycles. The van der Waals surface area contributed by atoms with Crippen molar-refractivity contribution in [2.45, 2.75) is 9.79 Å². The molecule has 39 heavy (non-hydrogen) atoms. The van der Waals surface area contributed by atoms with Crippen LogP contribution >= 0.6 is 10.0 Å². The molecule has 1 aliphatic heterocycles. The third-order valence-corrected chi connectivity index (χ3v) is 10.3. The Morgan fingerprint density at radius 3 is 1.54 bits per heavy atom. The van der Waals surface area contributed by atoms with Crippen molar-refractivity contribution in [3.05, 3.63) is 127 Å². The molecule has 188 valence electrons. The van der Waals surface area contributed by atoms with Crippen molar-refractivity contribution < 1.29 is 0 Å². The van der Waals surface area contributed by atoms with Gasteiger partial charge in [-0.3, -0.25) is 0 Å². The number of benzene rings is 5. The third-order valence-electron chi connectivity index (χ3n) is 7.41. The molecule has 0 fully saturated rings. The predicted molar refractivity (Wildman–Crippen MR) is 163 cm³/mol. The summed E-state index contributed by atoms with van der Waals surface area (Å²) in [5.41, 5.74) is 8.01. The summed E-state index contributed by atoms with van der Waals surface area (Å²) in [6.07, 6.45) is 4.76. The summed E-state index contributed by atoms with van der Waals surface area (Å²) in [6.45, 7) is 0. The highest BCUT2D eigenvalue weighted by Gasteiger charge is 2.34. The first-order valence-corrected chi connectivity index (χ1v) is 15.5. The molecule has 4 heteroatoms. The molecule has 3 nitrogen and oxygen atoms in total. The molecule has 0 N–H and O–H groups in total. The molecule has 0 atom stereocenters. The lowest BCUT2D eigenvalue weighted by Gasteiger charge is -2.30. The Bertz CT molecular complexity index is 1810. The topological polar surface area (TPSA) is 38.7 Å². The summed E-state index contributed by atoms with van der Waals surface area (Å²) in [4.78, 5) is 17.9. The van der Waals surface area contributed by atoms with Crippen molar-refractivity contribution in [3.63, 3.8) is 0 Å². The van der Waals surface area contributed by atoms with Crippen LogP contribution in [-0.2, 0) is 0 Å². The first kappa shape index (κ1) is 23.6. The van der Waals surface area contributed by atoms with Gasteiger partial charge in [-0.15, -0.1) is 0 Å². The summed E-state index contributed by atoms with van der Waals surface area (Å²) in [5.74, 6) is 2.08. The van der Waals surface area contributed by atoms with Crippen LogP contribution in [0, 0.1) is 0 Å². The van der Waals surface area contributed by atoms with Gasteiger partial charge in [0.1, 0.15) is 0 Å². The molecule has 0 bridgehead atoms. The normalized spacial score (nSPS) is 13.9. The minimum atomic E-state index is -1.24. The van der Waals surface area contributed by atoms with Crippen molar-refractivity contribution in [2.75, 3.05) is 12.5 Å². The number of nitrogens with zero attached hydrogens (tertiary/aromatic N) is 3. The maximum Gasteiger partial charge on any atom is 0.165 e. The van der Waals surface area contributed by atoms with Gasteiger partial charge in [-0.25, -0.2) is 15.0 Å². The van der Waals surface area contributed by atoms with Crippen LogP contribution < -0.4 is 0 Å². The zero-order valence-electron chi connectivity index (χ0n) is 21.9. The molecule has 0 radical (unpaired) electrons. The lowest BCUT2D eigenvalue weighted by atomic mass is 10.0. The predicted octanol–water partition coefficient (Wildman–Crippen LogP) is 9.00. The molecule has 0 unspecified atom stereocenters. The van der Waals surface area contributed by atoms with Crippen LogP contribution in [-0.4, -0.2) is 27.5 Å². The molecule has 0 spiro atoms. The van der Waals surface area contributed by atoms with E-state index in [4.69, 9.17) is 15.0 Å². The Labute approximate surface area is 230 Å². The molecule has 1 aliphatic rings. The SMILES string of the molecule is CS1(C)c2ccccc2-c2cccc(-c3nc(-c4ccccc4)nc(-c4ccc(-c5ccccc5)cc4)n3)c21. The van der Waals surface area contributed by atoms with Crippen LogP contribution in [0.1, 0.15) is 0 Å². The second-order valence-electron chi connectivity index (χ2n) is 10.1.